The first-order valence-electron chi connectivity index (χ1n) is 5.55. The number of nitrogens with two attached hydrogens (primary N) is 1. The molecule has 1 heterocycles. The van der Waals surface area contributed by atoms with Gasteiger partial charge in [-0.1, -0.05) is 0 Å². The molecule has 0 fully saturated rings. The molecule has 0 aliphatic heterocycles. The summed E-state index contributed by atoms with van der Waals surface area (Å²) in [6, 6.07) is 7.07. The van der Waals surface area contributed by atoms with Crippen LogP contribution in [0.5, 0.6) is 5.75 Å². The molecule has 0 atom stereocenters. The van der Waals surface area contributed by atoms with Gasteiger partial charge in [0.15, 0.2) is 0 Å². The number of rotatable bonds is 4. The molecule has 3 N–H and O–H groups in total. The third kappa shape index (κ3) is 2.93. The molecular formula is C13H10FN3O3. The SMILES string of the molecule is N#Cc1ccc(OCc2cc(C(=O)NN)co2)cc1F. The average molecular weight is 275 g/mol. The maximum atomic E-state index is 13.3. The fourth-order valence-corrected chi connectivity index (χ4v) is 1.49. The van der Waals surface area contributed by atoms with E-state index in [0.29, 0.717) is 5.76 Å². The first kappa shape index (κ1) is 13.6. The number of nitrogens with zero attached hydrogens (tertiary/aromatic N) is 1. The van der Waals surface area contributed by atoms with E-state index >= 15 is 0 Å². The Morgan fingerprint density at radius 2 is 2.30 bits per heavy atom. The molecule has 0 bridgehead atoms. The molecule has 0 saturated heterocycles. The fraction of sp³-hybridized carbons (Fsp3) is 0.0769. The molecule has 0 aliphatic rings. The minimum Gasteiger partial charge on any atom is -0.486 e. The van der Waals surface area contributed by atoms with Crippen molar-refractivity contribution < 1.29 is 18.3 Å². The molecule has 2 rings (SSSR count). The van der Waals surface area contributed by atoms with Crippen molar-refractivity contribution in [3.05, 3.63) is 53.2 Å². The molecule has 6 nitrogen and oxygen atoms in total. The van der Waals surface area contributed by atoms with Crippen molar-refractivity contribution in [2.75, 3.05) is 0 Å². The summed E-state index contributed by atoms with van der Waals surface area (Å²) in [6.07, 6.45) is 1.24. The highest BCUT2D eigenvalue weighted by Gasteiger charge is 2.09. The maximum Gasteiger partial charge on any atom is 0.268 e. The molecule has 0 aliphatic carbocycles. The van der Waals surface area contributed by atoms with Crippen LogP contribution in [0.3, 0.4) is 0 Å². The number of benzene rings is 1. The molecule has 0 unspecified atom stereocenters. The Bertz CT molecular complexity index is 676. The zero-order valence-electron chi connectivity index (χ0n) is 10.2. The van der Waals surface area contributed by atoms with Crippen molar-refractivity contribution in [2.24, 2.45) is 5.84 Å². The second-order valence-electron chi connectivity index (χ2n) is 3.82. The highest BCUT2D eigenvalue weighted by Crippen LogP contribution is 2.18. The van der Waals surface area contributed by atoms with E-state index in [1.165, 1.54) is 24.5 Å². The van der Waals surface area contributed by atoms with Crippen molar-refractivity contribution in [1.82, 2.24) is 5.43 Å². The molecule has 0 radical (unpaired) electrons. The van der Waals surface area contributed by atoms with Gasteiger partial charge in [-0.15, -0.1) is 0 Å². The molecule has 1 aromatic carbocycles. The highest BCUT2D eigenvalue weighted by molar-refractivity contribution is 5.93. The van der Waals surface area contributed by atoms with Crippen LogP contribution in [0.1, 0.15) is 21.7 Å². The standard InChI is InChI=1S/C13H10FN3O3/c14-12-4-10(2-1-8(12)5-15)20-7-11-3-9(6-19-11)13(18)17-16/h1-4,6H,7,16H2,(H,17,18). The zero-order valence-corrected chi connectivity index (χ0v) is 10.2. The fourth-order valence-electron chi connectivity index (χ4n) is 1.49. The lowest BCUT2D eigenvalue weighted by Gasteiger charge is -2.04. The Labute approximate surface area is 113 Å². The minimum absolute atomic E-state index is 0.0171. The number of nitrogen functional groups attached to an aromatic ring is 1. The van der Waals surface area contributed by atoms with Crippen LogP contribution in [0.2, 0.25) is 0 Å². The molecule has 102 valence electrons. The van der Waals surface area contributed by atoms with Gasteiger partial charge < -0.3 is 9.15 Å². The summed E-state index contributed by atoms with van der Waals surface area (Å²) in [5.41, 5.74) is 2.17. The van der Waals surface area contributed by atoms with E-state index in [0.717, 1.165) is 6.07 Å². The van der Waals surface area contributed by atoms with Crippen LogP contribution in [-0.2, 0) is 6.61 Å². The number of carbonyl (C=O) groups excluding carboxylic acids is 1. The van der Waals surface area contributed by atoms with Crippen molar-refractivity contribution in [1.29, 1.82) is 5.26 Å². The van der Waals surface area contributed by atoms with Gasteiger partial charge in [0.2, 0.25) is 0 Å². The van der Waals surface area contributed by atoms with Crippen LogP contribution in [-0.4, -0.2) is 5.91 Å². The van der Waals surface area contributed by atoms with Crippen molar-refractivity contribution in [3.63, 3.8) is 0 Å². The second-order valence-corrected chi connectivity index (χ2v) is 3.82. The number of carbonyl (C=O) groups is 1. The number of nitriles is 1. The van der Waals surface area contributed by atoms with Gasteiger partial charge in [-0.3, -0.25) is 10.2 Å². The van der Waals surface area contributed by atoms with Gasteiger partial charge in [0.1, 0.15) is 36.3 Å². The molecular weight excluding hydrogens is 265 g/mol. The average Bonchev–Trinajstić information content (AvgIpc) is 2.93. The van der Waals surface area contributed by atoms with E-state index < -0.39 is 11.7 Å². The second kappa shape index (κ2) is 5.86. The van der Waals surface area contributed by atoms with E-state index in [2.05, 4.69) is 0 Å². The lowest BCUT2D eigenvalue weighted by molar-refractivity contribution is 0.0953. The number of ether oxygens (including phenoxy) is 1. The minimum atomic E-state index is -0.660. The van der Waals surface area contributed by atoms with E-state index in [9.17, 15) is 9.18 Å². The van der Waals surface area contributed by atoms with Crippen LogP contribution in [0.25, 0.3) is 0 Å². The van der Waals surface area contributed by atoms with Crippen molar-refractivity contribution in [3.8, 4) is 11.8 Å². The summed E-state index contributed by atoms with van der Waals surface area (Å²) in [5, 5.41) is 8.60. The number of amides is 1. The number of hydrazine groups is 1. The third-order valence-corrected chi connectivity index (χ3v) is 2.49. The number of nitrogens with one attached hydrogen (secondary N) is 1. The zero-order chi connectivity index (χ0) is 14.5. The van der Waals surface area contributed by atoms with E-state index in [4.69, 9.17) is 20.3 Å². The number of halogens is 1. The van der Waals surface area contributed by atoms with Crippen LogP contribution >= 0.6 is 0 Å². The van der Waals surface area contributed by atoms with Crippen LogP contribution < -0.4 is 16.0 Å². The quantitative estimate of drug-likeness (QED) is 0.500. The number of furan rings is 1. The van der Waals surface area contributed by atoms with Gasteiger partial charge in [-0.2, -0.15) is 5.26 Å². The Morgan fingerprint density at radius 1 is 1.50 bits per heavy atom. The van der Waals surface area contributed by atoms with Gasteiger partial charge in [0.25, 0.3) is 5.91 Å². The molecule has 20 heavy (non-hydrogen) atoms. The van der Waals surface area contributed by atoms with Crippen molar-refractivity contribution in [2.45, 2.75) is 6.61 Å². The summed E-state index contributed by atoms with van der Waals surface area (Å²) in [7, 11) is 0. The number of hydrogen-bond acceptors (Lipinski definition) is 5. The first-order valence-corrected chi connectivity index (χ1v) is 5.55. The van der Waals surface area contributed by atoms with Crippen molar-refractivity contribution >= 4 is 5.91 Å². The Balaban J connectivity index is 2.02. The summed E-state index contributed by atoms with van der Waals surface area (Å²) >= 11 is 0. The van der Waals surface area contributed by atoms with Gasteiger partial charge in [-0.25, -0.2) is 10.2 Å². The predicted octanol–water partition coefficient (Wildman–Crippen LogP) is 1.47. The highest BCUT2D eigenvalue weighted by atomic mass is 19.1. The molecule has 0 saturated carbocycles. The smallest absolute Gasteiger partial charge is 0.268 e. The monoisotopic (exact) mass is 275 g/mol. The van der Waals surface area contributed by atoms with Gasteiger partial charge in [-0.05, 0) is 18.2 Å². The summed E-state index contributed by atoms with van der Waals surface area (Å²) < 4.78 is 23.7. The van der Waals surface area contributed by atoms with Crippen LogP contribution in [0.15, 0.2) is 34.9 Å². The molecule has 0 spiro atoms. The van der Waals surface area contributed by atoms with E-state index in [1.807, 2.05) is 5.43 Å². The molecule has 1 amide bonds. The predicted molar refractivity (Wildman–Crippen MR) is 65.8 cm³/mol. The van der Waals surface area contributed by atoms with E-state index in [1.54, 1.807) is 6.07 Å². The van der Waals surface area contributed by atoms with E-state index in [-0.39, 0.29) is 23.5 Å². The van der Waals surface area contributed by atoms with Gasteiger partial charge in [0.05, 0.1) is 11.1 Å². The Morgan fingerprint density at radius 3 is 2.95 bits per heavy atom. The number of hydrogen-bond donors (Lipinski definition) is 2. The summed E-state index contributed by atoms with van der Waals surface area (Å²) in [6.45, 7) is 0.0171. The van der Waals surface area contributed by atoms with Crippen LogP contribution in [0, 0.1) is 17.1 Å². The lowest BCUT2D eigenvalue weighted by atomic mass is 10.2. The Hall–Kier alpha value is -2.85. The van der Waals surface area contributed by atoms with Gasteiger partial charge >= 0.3 is 0 Å². The van der Waals surface area contributed by atoms with Gasteiger partial charge in [0, 0.05) is 6.07 Å². The Kier molecular flexibility index (Phi) is 3.98. The third-order valence-electron chi connectivity index (χ3n) is 2.49. The lowest BCUT2D eigenvalue weighted by Crippen LogP contribution is -2.29. The molecule has 1 aromatic heterocycles. The van der Waals surface area contributed by atoms with Crippen LogP contribution in [0.4, 0.5) is 4.39 Å². The first-order chi connectivity index (χ1) is 9.63. The summed E-state index contributed by atoms with van der Waals surface area (Å²) in [4.78, 5) is 11.2. The topological polar surface area (TPSA) is 101 Å². The molecule has 2 aromatic rings. The normalized spacial score (nSPS) is 9.85. The maximum absolute atomic E-state index is 13.3. The summed E-state index contributed by atoms with van der Waals surface area (Å²) in [5.74, 6) is 4.48. The molecule has 7 heteroatoms. The largest absolute Gasteiger partial charge is 0.486 e.